The van der Waals surface area contributed by atoms with Gasteiger partial charge < -0.3 is 26.2 Å². The summed E-state index contributed by atoms with van der Waals surface area (Å²) in [6, 6.07) is 7.79. The van der Waals surface area contributed by atoms with Crippen LogP contribution in [-0.2, 0) is 17.9 Å². The third kappa shape index (κ3) is 5.86. The molecular formula is C24H37N7O2S. The standard InChI is InChI=1S/C24H37N7O2S/c1-2-27-23(32)21-22(29-20-10-6-9-19(20)25)30-24(28-17-7-4-3-5-8-17)31(21)15-16-11-13-18(14-12-16)34(26)33/h11-14,17,19-20,29H,2-10,15,25-26H2,1H3,(H,27,32)(H,28,30)/t19-,20+,34?/m1/s1. The monoisotopic (exact) mass is 487 g/mol. The summed E-state index contributed by atoms with van der Waals surface area (Å²) in [4.78, 5) is 18.7. The predicted octanol–water partition coefficient (Wildman–Crippen LogP) is 2.70. The molecular weight excluding hydrogens is 450 g/mol. The van der Waals surface area contributed by atoms with Crippen LogP contribution < -0.4 is 26.8 Å². The Kier molecular flexibility index (Phi) is 8.36. The van der Waals surface area contributed by atoms with Gasteiger partial charge in [0.05, 0.1) is 17.9 Å². The molecule has 0 aliphatic heterocycles. The number of aromatic nitrogens is 2. The quantitative estimate of drug-likeness (QED) is 0.342. The fourth-order valence-corrected chi connectivity index (χ4v) is 5.38. The molecule has 2 fully saturated rings. The van der Waals surface area contributed by atoms with Crippen LogP contribution >= 0.6 is 0 Å². The minimum atomic E-state index is -1.53. The maximum atomic E-state index is 13.3. The summed E-state index contributed by atoms with van der Waals surface area (Å²) >= 11 is -1.53. The SMILES string of the molecule is CCNC(=O)c1c(N[C@H]2CCC[C@H]2N)nc(NC2CCCCC2)n1Cc1ccc([S+](N)[O-])cc1. The lowest BCUT2D eigenvalue weighted by atomic mass is 9.96. The zero-order chi connectivity index (χ0) is 24.1. The lowest BCUT2D eigenvalue weighted by molar-refractivity contribution is 0.0948. The van der Waals surface area contributed by atoms with Gasteiger partial charge in [-0.2, -0.15) is 4.98 Å². The van der Waals surface area contributed by atoms with Crippen molar-refractivity contribution < 1.29 is 9.35 Å². The van der Waals surface area contributed by atoms with E-state index in [4.69, 9.17) is 15.9 Å². The van der Waals surface area contributed by atoms with Crippen LogP contribution in [-0.4, -0.2) is 44.7 Å². The Labute approximate surface area is 204 Å². The fourth-order valence-electron chi connectivity index (χ4n) is 4.98. The maximum absolute atomic E-state index is 13.3. The number of rotatable bonds is 9. The summed E-state index contributed by atoms with van der Waals surface area (Å²) in [5, 5.41) is 15.6. The highest BCUT2D eigenvalue weighted by atomic mass is 32.2. The number of amides is 1. The van der Waals surface area contributed by atoms with Crippen LogP contribution in [0.5, 0.6) is 0 Å². The predicted molar refractivity (Wildman–Crippen MR) is 136 cm³/mol. The van der Waals surface area contributed by atoms with Crippen molar-refractivity contribution in [3.63, 3.8) is 0 Å². The number of hydrogen-bond donors (Lipinski definition) is 5. The van der Waals surface area contributed by atoms with Crippen molar-refractivity contribution in [2.45, 2.75) is 87.9 Å². The zero-order valence-corrected chi connectivity index (χ0v) is 20.7. The Morgan fingerprint density at radius 1 is 1.12 bits per heavy atom. The fraction of sp³-hybridized carbons (Fsp3) is 0.583. The highest BCUT2D eigenvalue weighted by Gasteiger charge is 2.30. The number of hydrogen-bond acceptors (Lipinski definition) is 7. The second-order valence-corrected chi connectivity index (χ2v) is 10.4. The van der Waals surface area contributed by atoms with Crippen molar-refractivity contribution in [3.05, 3.63) is 35.5 Å². The molecule has 1 aromatic heterocycles. The summed E-state index contributed by atoms with van der Waals surface area (Å²) in [5.41, 5.74) is 7.79. The second-order valence-electron chi connectivity index (χ2n) is 9.34. The molecule has 1 aromatic carbocycles. The number of imidazole rings is 1. The van der Waals surface area contributed by atoms with Crippen LogP contribution in [0.3, 0.4) is 0 Å². The van der Waals surface area contributed by atoms with Crippen LogP contribution in [0.4, 0.5) is 11.8 Å². The highest BCUT2D eigenvalue weighted by Crippen LogP contribution is 2.29. The Balaban J connectivity index is 1.70. The smallest absolute Gasteiger partial charge is 0.271 e. The largest absolute Gasteiger partial charge is 0.593 e. The van der Waals surface area contributed by atoms with Gasteiger partial charge in [0.2, 0.25) is 5.95 Å². The average molecular weight is 488 g/mol. The first kappa shape index (κ1) is 24.8. The molecule has 34 heavy (non-hydrogen) atoms. The Morgan fingerprint density at radius 2 is 1.85 bits per heavy atom. The molecule has 186 valence electrons. The average Bonchev–Trinajstić information content (AvgIpc) is 3.38. The van der Waals surface area contributed by atoms with E-state index in [0.29, 0.717) is 41.5 Å². The van der Waals surface area contributed by atoms with Crippen molar-refractivity contribution in [1.29, 1.82) is 0 Å². The van der Waals surface area contributed by atoms with E-state index in [1.165, 1.54) is 19.3 Å². The third-order valence-electron chi connectivity index (χ3n) is 6.85. The molecule has 2 aliphatic rings. The molecule has 0 bridgehead atoms. The molecule has 2 aliphatic carbocycles. The summed E-state index contributed by atoms with van der Waals surface area (Å²) in [5.74, 6) is 1.10. The molecule has 1 heterocycles. The van der Waals surface area contributed by atoms with Gasteiger partial charge in [-0.05, 0) is 56.7 Å². The van der Waals surface area contributed by atoms with Gasteiger partial charge >= 0.3 is 0 Å². The lowest BCUT2D eigenvalue weighted by Crippen LogP contribution is -2.36. The zero-order valence-electron chi connectivity index (χ0n) is 19.9. The molecule has 0 spiro atoms. The third-order valence-corrected chi connectivity index (χ3v) is 7.58. The first-order chi connectivity index (χ1) is 16.5. The summed E-state index contributed by atoms with van der Waals surface area (Å²) < 4.78 is 13.5. The van der Waals surface area contributed by atoms with Crippen LogP contribution in [0, 0.1) is 0 Å². The van der Waals surface area contributed by atoms with Crippen LogP contribution in [0.2, 0.25) is 0 Å². The van der Waals surface area contributed by atoms with Gasteiger partial charge in [0, 0.05) is 24.7 Å². The highest BCUT2D eigenvalue weighted by molar-refractivity contribution is 7.89. The van der Waals surface area contributed by atoms with E-state index in [-0.39, 0.29) is 18.0 Å². The number of benzene rings is 1. The van der Waals surface area contributed by atoms with Crippen molar-refractivity contribution in [2.24, 2.45) is 10.9 Å². The first-order valence-electron chi connectivity index (χ1n) is 12.4. The van der Waals surface area contributed by atoms with E-state index in [1.807, 2.05) is 23.6 Å². The summed E-state index contributed by atoms with van der Waals surface area (Å²) in [6.07, 6.45) is 8.84. The molecule has 10 heteroatoms. The number of nitrogens with two attached hydrogens (primary N) is 2. The lowest BCUT2D eigenvalue weighted by Gasteiger charge is -2.24. The van der Waals surface area contributed by atoms with E-state index < -0.39 is 11.4 Å². The van der Waals surface area contributed by atoms with Gasteiger partial charge in [-0.3, -0.25) is 9.36 Å². The minimum Gasteiger partial charge on any atom is -0.593 e. The van der Waals surface area contributed by atoms with Crippen molar-refractivity contribution in [2.75, 3.05) is 17.2 Å². The topological polar surface area (TPSA) is 146 Å². The van der Waals surface area contributed by atoms with Crippen LogP contribution in [0.1, 0.15) is 74.3 Å². The minimum absolute atomic E-state index is 0.0478. The summed E-state index contributed by atoms with van der Waals surface area (Å²) in [6.45, 7) is 2.88. The summed E-state index contributed by atoms with van der Waals surface area (Å²) in [7, 11) is 0. The van der Waals surface area contributed by atoms with E-state index in [9.17, 15) is 9.35 Å². The normalized spacial score (nSPS) is 21.9. The van der Waals surface area contributed by atoms with Crippen molar-refractivity contribution >= 4 is 29.0 Å². The first-order valence-corrected chi connectivity index (χ1v) is 13.6. The van der Waals surface area contributed by atoms with Crippen LogP contribution in [0.25, 0.3) is 0 Å². The number of carbonyl (C=O) groups is 1. The van der Waals surface area contributed by atoms with Gasteiger partial charge in [0.15, 0.2) is 16.4 Å². The van der Waals surface area contributed by atoms with E-state index in [1.54, 1.807) is 12.1 Å². The van der Waals surface area contributed by atoms with Crippen molar-refractivity contribution in [1.82, 2.24) is 14.9 Å². The molecule has 9 nitrogen and oxygen atoms in total. The van der Waals surface area contributed by atoms with E-state index in [2.05, 4.69) is 16.0 Å². The van der Waals surface area contributed by atoms with Crippen LogP contribution in [0.15, 0.2) is 29.2 Å². The molecule has 2 saturated carbocycles. The molecule has 1 unspecified atom stereocenters. The molecule has 0 radical (unpaired) electrons. The van der Waals surface area contributed by atoms with E-state index >= 15 is 0 Å². The number of carbonyl (C=O) groups excluding carboxylic acids is 1. The Morgan fingerprint density at radius 3 is 2.47 bits per heavy atom. The van der Waals surface area contributed by atoms with Gasteiger partial charge in [-0.25, -0.2) is 0 Å². The van der Waals surface area contributed by atoms with Gasteiger partial charge in [0.1, 0.15) is 0 Å². The Bertz CT molecular complexity index is 957. The van der Waals surface area contributed by atoms with Crippen molar-refractivity contribution in [3.8, 4) is 0 Å². The molecule has 2 aromatic rings. The van der Waals surface area contributed by atoms with Gasteiger partial charge in [0.25, 0.3) is 5.91 Å². The maximum Gasteiger partial charge on any atom is 0.271 e. The Hall–Kier alpha value is -2.27. The van der Waals surface area contributed by atoms with Gasteiger partial charge in [-0.15, -0.1) is 5.14 Å². The second kappa shape index (κ2) is 11.4. The number of anilines is 2. The molecule has 7 N–H and O–H groups in total. The number of nitrogens with one attached hydrogen (secondary N) is 3. The molecule has 1 amide bonds. The molecule has 3 atom stereocenters. The van der Waals surface area contributed by atoms with Gasteiger partial charge in [-0.1, -0.05) is 31.4 Å². The molecule has 0 saturated heterocycles. The number of nitrogens with zero attached hydrogens (tertiary/aromatic N) is 2. The van der Waals surface area contributed by atoms with E-state index in [0.717, 1.165) is 37.7 Å². The molecule has 4 rings (SSSR count).